The summed E-state index contributed by atoms with van der Waals surface area (Å²) in [6.07, 6.45) is -0.269. The summed E-state index contributed by atoms with van der Waals surface area (Å²) >= 11 is 0. The first-order valence-corrected chi connectivity index (χ1v) is 8.33. The molecule has 1 aliphatic rings. The van der Waals surface area contributed by atoms with Gasteiger partial charge in [-0.05, 0) is 38.5 Å². The lowest BCUT2D eigenvalue weighted by Crippen LogP contribution is -2.50. The number of piperazine rings is 1. The topological polar surface area (TPSA) is 60.0 Å². The van der Waals surface area contributed by atoms with Gasteiger partial charge in [0.15, 0.2) is 0 Å². The summed E-state index contributed by atoms with van der Waals surface area (Å²) in [5.74, 6) is 0.795. The van der Waals surface area contributed by atoms with Gasteiger partial charge in [0, 0.05) is 26.7 Å². The Morgan fingerprint density at radius 2 is 1.96 bits per heavy atom. The molecule has 1 amide bonds. The van der Waals surface area contributed by atoms with E-state index in [-0.39, 0.29) is 12.1 Å². The van der Waals surface area contributed by atoms with Crippen molar-refractivity contribution in [3.05, 3.63) is 29.8 Å². The Hall–Kier alpha value is -1.79. The molecule has 2 rings (SSSR count). The van der Waals surface area contributed by atoms with Crippen molar-refractivity contribution in [3.63, 3.8) is 0 Å². The third kappa shape index (κ3) is 5.39. The number of methoxy groups -OCH3 is 1. The summed E-state index contributed by atoms with van der Waals surface area (Å²) in [5, 5.41) is 3.34. The van der Waals surface area contributed by atoms with Gasteiger partial charge in [0.05, 0.1) is 12.6 Å². The van der Waals surface area contributed by atoms with Gasteiger partial charge in [0.1, 0.15) is 18.0 Å². The summed E-state index contributed by atoms with van der Waals surface area (Å²) in [4.78, 5) is 14.3. The lowest BCUT2D eigenvalue weighted by atomic mass is 10.0. The fraction of sp³-hybridized carbons (Fsp3) is 0.611. The summed E-state index contributed by atoms with van der Waals surface area (Å²) in [7, 11) is 1.65. The molecule has 1 aromatic carbocycles. The largest absolute Gasteiger partial charge is 0.491 e. The Bertz CT molecular complexity index is 525. The molecular formula is C18H28N2O4. The number of hydrogen-bond acceptors (Lipinski definition) is 5. The second-order valence-corrected chi connectivity index (χ2v) is 6.80. The Morgan fingerprint density at radius 3 is 2.58 bits per heavy atom. The molecule has 1 aliphatic heterocycles. The predicted octanol–water partition coefficient (Wildman–Crippen LogP) is 2.59. The van der Waals surface area contributed by atoms with Crippen LogP contribution < -0.4 is 10.1 Å². The van der Waals surface area contributed by atoms with Gasteiger partial charge < -0.3 is 19.5 Å². The molecule has 1 heterocycles. The molecule has 1 N–H and O–H groups in total. The van der Waals surface area contributed by atoms with Crippen LogP contribution in [-0.2, 0) is 9.47 Å². The molecule has 24 heavy (non-hydrogen) atoms. The SMILES string of the molecule is COCCOc1ccc(C2CNCCN2C(=O)OC(C)(C)C)cc1. The number of nitrogens with zero attached hydrogens (tertiary/aromatic N) is 1. The second-order valence-electron chi connectivity index (χ2n) is 6.80. The highest BCUT2D eigenvalue weighted by Crippen LogP contribution is 2.26. The summed E-state index contributed by atoms with van der Waals surface area (Å²) in [6.45, 7) is 8.84. The van der Waals surface area contributed by atoms with Gasteiger partial charge in [-0.15, -0.1) is 0 Å². The van der Waals surface area contributed by atoms with E-state index in [1.807, 2.05) is 45.0 Å². The average molecular weight is 336 g/mol. The number of amides is 1. The number of carbonyl (C=O) groups is 1. The van der Waals surface area contributed by atoms with Gasteiger partial charge in [-0.3, -0.25) is 4.90 Å². The fourth-order valence-electron chi connectivity index (χ4n) is 2.57. The number of hydrogen-bond donors (Lipinski definition) is 1. The molecule has 6 nitrogen and oxygen atoms in total. The minimum absolute atomic E-state index is 0.0402. The van der Waals surface area contributed by atoms with Gasteiger partial charge in [-0.25, -0.2) is 4.79 Å². The van der Waals surface area contributed by atoms with Gasteiger partial charge in [0.2, 0.25) is 0 Å². The van der Waals surface area contributed by atoms with E-state index >= 15 is 0 Å². The van der Waals surface area contributed by atoms with Crippen molar-refractivity contribution in [3.8, 4) is 5.75 Å². The van der Waals surface area contributed by atoms with Crippen molar-refractivity contribution in [1.29, 1.82) is 0 Å². The van der Waals surface area contributed by atoms with E-state index in [9.17, 15) is 4.79 Å². The average Bonchev–Trinajstić information content (AvgIpc) is 2.54. The van der Waals surface area contributed by atoms with Crippen LogP contribution in [0.5, 0.6) is 5.75 Å². The zero-order valence-corrected chi connectivity index (χ0v) is 15.0. The van der Waals surface area contributed by atoms with Gasteiger partial charge in [-0.2, -0.15) is 0 Å². The van der Waals surface area contributed by atoms with Crippen LogP contribution >= 0.6 is 0 Å². The molecule has 1 saturated heterocycles. The van der Waals surface area contributed by atoms with E-state index in [0.29, 0.717) is 26.3 Å². The molecule has 134 valence electrons. The van der Waals surface area contributed by atoms with Crippen molar-refractivity contribution in [1.82, 2.24) is 10.2 Å². The molecule has 1 unspecified atom stereocenters. The Labute approximate surface area is 144 Å². The highest BCUT2D eigenvalue weighted by molar-refractivity contribution is 5.69. The van der Waals surface area contributed by atoms with E-state index in [1.165, 1.54) is 0 Å². The van der Waals surface area contributed by atoms with Crippen LogP contribution in [0.3, 0.4) is 0 Å². The predicted molar refractivity (Wildman–Crippen MR) is 92.4 cm³/mol. The van der Waals surface area contributed by atoms with E-state index < -0.39 is 5.60 Å². The first-order chi connectivity index (χ1) is 11.4. The van der Waals surface area contributed by atoms with E-state index in [1.54, 1.807) is 12.0 Å². The zero-order valence-electron chi connectivity index (χ0n) is 15.0. The highest BCUT2D eigenvalue weighted by Gasteiger charge is 2.31. The highest BCUT2D eigenvalue weighted by atomic mass is 16.6. The van der Waals surface area contributed by atoms with Crippen LogP contribution in [0, 0.1) is 0 Å². The Morgan fingerprint density at radius 1 is 1.25 bits per heavy atom. The summed E-state index contributed by atoms with van der Waals surface area (Å²) < 4.78 is 16.1. The lowest BCUT2D eigenvalue weighted by Gasteiger charge is -2.37. The van der Waals surface area contributed by atoms with Crippen LogP contribution in [0.4, 0.5) is 4.79 Å². The van der Waals surface area contributed by atoms with E-state index in [4.69, 9.17) is 14.2 Å². The molecule has 1 atom stereocenters. The summed E-state index contributed by atoms with van der Waals surface area (Å²) in [6, 6.07) is 7.80. The molecule has 0 bridgehead atoms. The fourth-order valence-corrected chi connectivity index (χ4v) is 2.57. The van der Waals surface area contributed by atoms with Crippen LogP contribution in [0.15, 0.2) is 24.3 Å². The molecular weight excluding hydrogens is 308 g/mol. The molecule has 6 heteroatoms. The van der Waals surface area contributed by atoms with Crippen molar-refractivity contribution in [2.24, 2.45) is 0 Å². The van der Waals surface area contributed by atoms with Crippen molar-refractivity contribution in [2.75, 3.05) is 40.0 Å². The van der Waals surface area contributed by atoms with Crippen molar-refractivity contribution in [2.45, 2.75) is 32.4 Å². The van der Waals surface area contributed by atoms with Crippen LogP contribution in [0.2, 0.25) is 0 Å². The molecule has 0 radical (unpaired) electrons. The Kier molecular flexibility index (Phi) is 6.45. The number of nitrogens with one attached hydrogen (secondary N) is 1. The molecule has 0 aliphatic carbocycles. The first-order valence-electron chi connectivity index (χ1n) is 8.33. The molecule has 1 fully saturated rings. The van der Waals surface area contributed by atoms with Gasteiger partial charge in [-0.1, -0.05) is 12.1 Å². The van der Waals surface area contributed by atoms with Crippen LogP contribution in [-0.4, -0.2) is 56.6 Å². The lowest BCUT2D eigenvalue weighted by molar-refractivity contribution is 0.0118. The minimum atomic E-state index is -0.494. The number of benzene rings is 1. The van der Waals surface area contributed by atoms with E-state index in [2.05, 4.69) is 5.32 Å². The number of rotatable bonds is 5. The normalized spacial score (nSPS) is 18.3. The third-order valence-corrected chi connectivity index (χ3v) is 3.69. The molecule has 0 spiro atoms. The number of ether oxygens (including phenoxy) is 3. The minimum Gasteiger partial charge on any atom is -0.491 e. The quantitative estimate of drug-likeness (QED) is 0.838. The summed E-state index contributed by atoms with van der Waals surface area (Å²) in [5.41, 5.74) is 0.568. The maximum absolute atomic E-state index is 12.5. The molecule has 1 aromatic rings. The van der Waals surface area contributed by atoms with Crippen molar-refractivity contribution >= 4 is 6.09 Å². The maximum Gasteiger partial charge on any atom is 0.410 e. The maximum atomic E-state index is 12.5. The zero-order chi connectivity index (χ0) is 17.6. The van der Waals surface area contributed by atoms with Crippen molar-refractivity contribution < 1.29 is 19.0 Å². The van der Waals surface area contributed by atoms with E-state index in [0.717, 1.165) is 17.9 Å². The first kappa shape index (κ1) is 18.5. The number of carbonyl (C=O) groups excluding carboxylic acids is 1. The van der Waals surface area contributed by atoms with Crippen LogP contribution in [0.25, 0.3) is 0 Å². The van der Waals surface area contributed by atoms with Gasteiger partial charge >= 0.3 is 6.09 Å². The monoisotopic (exact) mass is 336 g/mol. The smallest absolute Gasteiger partial charge is 0.410 e. The molecule has 0 aromatic heterocycles. The second kappa shape index (κ2) is 8.35. The Balaban J connectivity index is 2.05. The molecule has 0 saturated carbocycles. The van der Waals surface area contributed by atoms with Crippen LogP contribution in [0.1, 0.15) is 32.4 Å². The van der Waals surface area contributed by atoms with Gasteiger partial charge in [0.25, 0.3) is 0 Å². The standard InChI is InChI=1S/C18H28N2O4/c1-18(2,3)24-17(21)20-10-9-19-13-16(20)14-5-7-15(8-6-14)23-12-11-22-4/h5-8,16,19H,9-13H2,1-4H3. The third-order valence-electron chi connectivity index (χ3n) is 3.69.